The van der Waals surface area contributed by atoms with Gasteiger partial charge in [0.25, 0.3) is 10.0 Å². The zero-order chi connectivity index (χ0) is 25.7. The highest BCUT2D eigenvalue weighted by Gasteiger charge is 2.28. The Balaban J connectivity index is 1.66. The summed E-state index contributed by atoms with van der Waals surface area (Å²) < 4.78 is 40.6. The average Bonchev–Trinajstić information content (AvgIpc) is 3.21. The van der Waals surface area contributed by atoms with E-state index in [1.165, 1.54) is 12.1 Å². The van der Waals surface area contributed by atoms with E-state index in [0.29, 0.717) is 22.7 Å². The summed E-state index contributed by atoms with van der Waals surface area (Å²) in [4.78, 5) is 17.0. The number of esters is 1. The second kappa shape index (κ2) is 10.5. The molecular formula is C26H24N4O5S. The van der Waals surface area contributed by atoms with Gasteiger partial charge in [-0.2, -0.15) is 5.26 Å². The lowest BCUT2D eigenvalue weighted by atomic mass is 10.2. The monoisotopic (exact) mass is 504 g/mol. The highest BCUT2D eigenvalue weighted by Crippen LogP contribution is 2.28. The molecule has 1 heterocycles. The number of fused-ring (bicyclic) bond motifs is 1. The third kappa shape index (κ3) is 5.16. The van der Waals surface area contributed by atoms with Crippen molar-refractivity contribution in [2.75, 3.05) is 17.5 Å². The van der Waals surface area contributed by atoms with Crippen molar-refractivity contribution < 1.29 is 22.7 Å². The lowest BCUT2D eigenvalue weighted by Gasteiger charge is -2.23. The van der Waals surface area contributed by atoms with Crippen LogP contribution in [0.1, 0.15) is 18.3 Å². The second-order valence-electron chi connectivity index (χ2n) is 7.81. The molecule has 9 nitrogen and oxygen atoms in total. The molecule has 4 rings (SSSR count). The van der Waals surface area contributed by atoms with E-state index in [2.05, 4.69) is 11.1 Å². The number of hydrogen-bond acceptors (Lipinski definition) is 7. The summed E-state index contributed by atoms with van der Waals surface area (Å²) in [5, 5.41) is 8.93. The topological polar surface area (TPSA) is 115 Å². The minimum absolute atomic E-state index is 0.0620. The van der Waals surface area contributed by atoms with Crippen LogP contribution in [-0.2, 0) is 33.2 Å². The molecule has 0 aliphatic carbocycles. The van der Waals surface area contributed by atoms with E-state index in [4.69, 9.17) is 14.7 Å². The van der Waals surface area contributed by atoms with Gasteiger partial charge in [0, 0.05) is 7.05 Å². The number of hydrogen-bond donors (Lipinski definition) is 0. The molecule has 36 heavy (non-hydrogen) atoms. The van der Waals surface area contributed by atoms with Crippen LogP contribution >= 0.6 is 0 Å². The number of rotatable bonds is 9. The summed E-state index contributed by atoms with van der Waals surface area (Å²) in [6, 6.07) is 21.7. The second-order valence-corrected chi connectivity index (χ2v) is 9.68. The number of anilines is 1. The molecule has 0 saturated heterocycles. The molecule has 0 atom stereocenters. The van der Waals surface area contributed by atoms with Gasteiger partial charge >= 0.3 is 5.97 Å². The molecule has 0 spiro atoms. The van der Waals surface area contributed by atoms with Crippen LogP contribution in [0.15, 0.2) is 77.7 Å². The molecule has 184 valence electrons. The van der Waals surface area contributed by atoms with Crippen molar-refractivity contribution in [3.8, 4) is 11.8 Å². The number of ether oxygens (including phenoxy) is 2. The number of imidazole rings is 1. The number of carbonyl (C=O) groups is 1. The molecule has 0 N–H and O–H groups in total. The van der Waals surface area contributed by atoms with Crippen molar-refractivity contribution in [3.63, 3.8) is 0 Å². The summed E-state index contributed by atoms with van der Waals surface area (Å²) >= 11 is 0. The first-order chi connectivity index (χ1) is 17.3. The van der Waals surface area contributed by atoms with E-state index < -0.39 is 22.5 Å². The van der Waals surface area contributed by atoms with Gasteiger partial charge in [-0.05, 0) is 61.5 Å². The number of sulfonamides is 1. The first-order valence-corrected chi connectivity index (χ1v) is 12.6. The highest BCUT2D eigenvalue weighted by atomic mass is 32.2. The van der Waals surface area contributed by atoms with Crippen molar-refractivity contribution in [1.29, 1.82) is 5.26 Å². The van der Waals surface area contributed by atoms with Crippen LogP contribution in [0, 0.1) is 11.3 Å². The Hall–Kier alpha value is -4.36. The van der Waals surface area contributed by atoms with Gasteiger partial charge in [-0.15, -0.1) is 0 Å². The van der Waals surface area contributed by atoms with Crippen LogP contribution in [0.3, 0.4) is 0 Å². The van der Waals surface area contributed by atoms with Crippen molar-refractivity contribution in [1.82, 2.24) is 9.55 Å². The fourth-order valence-electron chi connectivity index (χ4n) is 3.65. The number of nitrogens with zero attached hydrogens (tertiary/aromatic N) is 4. The van der Waals surface area contributed by atoms with Crippen molar-refractivity contribution >= 4 is 32.7 Å². The number of carbonyl (C=O) groups excluding carboxylic acids is 1. The predicted octanol–water partition coefficient (Wildman–Crippen LogP) is 3.78. The smallest absolute Gasteiger partial charge is 0.326 e. The molecule has 0 saturated carbocycles. The summed E-state index contributed by atoms with van der Waals surface area (Å²) in [5.41, 5.74) is 2.14. The third-order valence-electron chi connectivity index (χ3n) is 5.51. The Labute approximate surface area is 209 Å². The molecule has 10 heteroatoms. The van der Waals surface area contributed by atoms with E-state index in [9.17, 15) is 13.2 Å². The average molecular weight is 505 g/mol. The summed E-state index contributed by atoms with van der Waals surface area (Å²) in [6.45, 7) is 1.49. The largest absolute Gasteiger partial charge is 0.486 e. The Morgan fingerprint density at radius 3 is 2.47 bits per heavy atom. The maximum absolute atomic E-state index is 13.4. The predicted molar refractivity (Wildman–Crippen MR) is 134 cm³/mol. The molecule has 3 aromatic carbocycles. The van der Waals surface area contributed by atoms with Gasteiger partial charge < -0.3 is 14.0 Å². The van der Waals surface area contributed by atoms with Gasteiger partial charge in [-0.3, -0.25) is 9.10 Å². The van der Waals surface area contributed by atoms with Gasteiger partial charge in [0.05, 0.1) is 39.9 Å². The fourth-order valence-corrected chi connectivity index (χ4v) is 5.08. The summed E-state index contributed by atoms with van der Waals surface area (Å²) in [6.07, 6.45) is 0. The molecule has 0 bridgehead atoms. The molecule has 0 amide bonds. The maximum atomic E-state index is 13.4. The number of nitriles is 1. The van der Waals surface area contributed by atoms with Crippen LogP contribution in [0.4, 0.5) is 5.69 Å². The first kappa shape index (κ1) is 24.8. The van der Waals surface area contributed by atoms with E-state index in [0.717, 1.165) is 9.82 Å². The molecule has 0 aliphatic rings. The Kier molecular flexibility index (Phi) is 7.22. The Morgan fingerprint density at radius 1 is 1.08 bits per heavy atom. The van der Waals surface area contributed by atoms with E-state index in [1.54, 1.807) is 67.6 Å². The number of aromatic nitrogens is 2. The van der Waals surface area contributed by atoms with Crippen LogP contribution in [-0.4, -0.2) is 37.1 Å². The van der Waals surface area contributed by atoms with Crippen LogP contribution in [0.25, 0.3) is 11.0 Å². The minimum Gasteiger partial charge on any atom is -0.486 e. The van der Waals surface area contributed by atoms with Crippen LogP contribution < -0.4 is 9.04 Å². The van der Waals surface area contributed by atoms with Gasteiger partial charge in [-0.1, -0.05) is 18.2 Å². The standard InChI is InChI=1S/C26H24N4O5S/c1-3-34-26(31)17-30(36(32,33)22-7-5-4-6-8-22)20-11-14-24-23(15-20)28-25(29(24)2)18-35-21-12-9-19(16-27)10-13-21/h4-15H,3,17-18H2,1-2H3. The lowest BCUT2D eigenvalue weighted by Crippen LogP contribution is -2.36. The molecule has 0 fully saturated rings. The van der Waals surface area contributed by atoms with Gasteiger partial charge in [-0.25, -0.2) is 13.4 Å². The molecule has 0 unspecified atom stereocenters. The quantitative estimate of drug-likeness (QED) is 0.319. The Morgan fingerprint density at radius 2 is 1.81 bits per heavy atom. The summed E-state index contributed by atoms with van der Waals surface area (Å²) in [7, 11) is -2.20. The highest BCUT2D eigenvalue weighted by molar-refractivity contribution is 7.92. The van der Waals surface area contributed by atoms with Crippen molar-refractivity contribution in [2.45, 2.75) is 18.4 Å². The summed E-state index contributed by atoms with van der Waals surface area (Å²) in [5.74, 6) is 0.556. The van der Waals surface area contributed by atoms with E-state index in [-0.39, 0.29) is 23.8 Å². The molecule has 1 aromatic heterocycles. The molecule has 0 radical (unpaired) electrons. The minimum atomic E-state index is -4.04. The zero-order valence-corrected chi connectivity index (χ0v) is 20.6. The Bertz CT molecular complexity index is 1520. The van der Waals surface area contributed by atoms with Crippen molar-refractivity contribution in [2.24, 2.45) is 7.05 Å². The van der Waals surface area contributed by atoms with E-state index in [1.807, 2.05) is 11.6 Å². The number of benzene rings is 3. The van der Waals surface area contributed by atoms with Gasteiger partial charge in [0.15, 0.2) is 0 Å². The van der Waals surface area contributed by atoms with Crippen LogP contribution in [0.5, 0.6) is 5.75 Å². The third-order valence-corrected chi connectivity index (χ3v) is 7.29. The fraction of sp³-hybridized carbons (Fsp3) is 0.192. The normalized spacial score (nSPS) is 11.1. The zero-order valence-electron chi connectivity index (χ0n) is 19.8. The van der Waals surface area contributed by atoms with Gasteiger partial charge in [0.2, 0.25) is 0 Å². The van der Waals surface area contributed by atoms with E-state index >= 15 is 0 Å². The lowest BCUT2D eigenvalue weighted by molar-refractivity contribution is -0.141. The van der Waals surface area contributed by atoms with Crippen molar-refractivity contribution in [3.05, 3.63) is 84.2 Å². The van der Waals surface area contributed by atoms with Gasteiger partial charge in [0.1, 0.15) is 24.7 Å². The molecular weight excluding hydrogens is 480 g/mol. The van der Waals surface area contributed by atoms with Crippen LogP contribution in [0.2, 0.25) is 0 Å². The number of aryl methyl sites for hydroxylation is 1. The molecule has 0 aliphatic heterocycles. The first-order valence-electron chi connectivity index (χ1n) is 11.1. The SMILES string of the molecule is CCOC(=O)CN(c1ccc2c(c1)nc(COc1ccc(C#N)cc1)n2C)S(=O)(=O)c1ccccc1. The maximum Gasteiger partial charge on any atom is 0.326 e. The molecule has 4 aromatic rings.